The van der Waals surface area contributed by atoms with Gasteiger partial charge in [-0.2, -0.15) is 5.10 Å². The molecule has 0 aliphatic carbocycles. The standard InChI is InChI=1S/C16H18FN3O3/c1-2-6-14-12(15(21)19-13(9-17)16(22)23)10-18-20(14)11-7-4-3-5-8-11/h3-5,7-8,10,13H,2,6,9H2,1H3,(H,19,21)(H,22,23). The number of carboxylic acids is 1. The van der Waals surface area contributed by atoms with Crippen LogP contribution in [-0.4, -0.2) is 39.5 Å². The number of amides is 1. The molecule has 0 saturated heterocycles. The quantitative estimate of drug-likeness (QED) is 0.817. The van der Waals surface area contributed by atoms with Gasteiger partial charge in [0.15, 0.2) is 6.04 Å². The van der Waals surface area contributed by atoms with Crippen LogP contribution in [0.15, 0.2) is 36.5 Å². The van der Waals surface area contributed by atoms with Gasteiger partial charge in [-0.05, 0) is 18.6 Å². The Morgan fingerprint density at radius 1 is 1.35 bits per heavy atom. The number of carbonyl (C=O) groups is 2. The minimum atomic E-state index is -1.56. The third kappa shape index (κ3) is 3.74. The van der Waals surface area contributed by atoms with Crippen molar-refractivity contribution in [3.05, 3.63) is 47.8 Å². The second-order valence-corrected chi connectivity index (χ2v) is 5.02. The molecule has 0 bridgehead atoms. The van der Waals surface area contributed by atoms with Gasteiger partial charge in [-0.25, -0.2) is 13.9 Å². The van der Waals surface area contributed by atoms with E-state index in [9.17, 15) is 14.0 Å². The van der Waals surface area contributed by atoms with E-state index in [4.69, 9.17) is 5.11 Å². The minimum Gasteiger partial charge on any atom is -0.480 e. The highest BCUT2D eigenvalue weighted by molar-refractivity contribution is 5.97. The van der Waals surface area contributed by atoms with Crippen LogP contribution in [0.5, 0.6) is 0 Å². The fraction of sp³-hybridized carbons (Fsp3) is 0.312. The average molecular weight is 319 g/mol. The zero-order chi connectivity index (χ0) is 16.8. The molecule has 6 nitrogen and oxygen atoms in total. The molecule has 1 unspecified atom stereocenters. The monoisotopic (exact) mass is 319 g/mol. The summed E-state index contributed by atoms with van der Waals surface area (Å²) >= 11 is 0. The number of aromatic nitrogens is 2. The summed E-state index contributed by atoms with van der Waals surface area (Å²) in [5, 5.41) is 15.2. The maximum atomic E-state index is 12.7. The number of benzene rings is 1. The lowest BCUT2D eigenvalue weighted by Crippen LogP contribution is -2.42. The van der Waals surface area contributed by atoms with E-state index in [-0.39, 0.29) is 5.56 Å². The molecule has 1 aromatic heterocycles. The van der Waals surface area contributed by atoms with Gasteiger partial charge in [0.05, 0.1) is 23.1 Å². The molecule has 23 heavy (non-hydrogen) atoms. The van der Waals surface area contributed by atoms with E-state index in [0.717, 1.165) is 12.1 Å². The van der Waals surface area contributed by atoms with Crippen LogP contribution in [0, 0.1) is 0 Å². The van der Waals surface area contributed by atoms with E-state index in [2.05, 4.69) is 10.4 Å². The number of nitrogens with one attached hydrogen (secondary N) is 1. The van der Waals surface area contributed by atoms with Gasteiger partial charge in [-0.3, -0.25) is 4.79 Å². The Morgan fingerprint density at radius 2 is 2.04 bits per heavy atom. The van der Waals surface area contributed by atoms with E-state index in [0.29, 0.717) is 12.1 Å². The zero-order valence-electron chi connectivity index (χ0n) is 12.7. The number of alkyl halides is 1. The number of hydrogen-bond donors (Lipinski definition) is 2. The number of halogens is 1. The highest BCUT2D eigenvalue weighted by atomic mass is 19.1. The van der Waals surface area contributed by atoms with Crippen LogP contribution in [-0.2, 0) is 11.2 Å². The van der Waals surface area contributed by atoms with Gasteiger partial charge in [0, 0.05) is 0 Å². The lowest BCUT2D eigenvalue weighted by molar-refractivity contribution is -0.139. The molecule has 0 aliphatic rings. The molecule has 2 aromatic rings. The average Bonchev–Trinajstić information content (AvgIpc) is 2.97. The van der Waals surface area contributed by atoms with Crippen LogP contribution in [0.1, 0.15) is 29.4 Å². The van der Waals surface area contributed by atoms with Crippen molar-refractivity contribution < 1.29 is 19.1 Å². The highest BCUT2D eigenvalue weighted by Gasteiger charge is 2.24. The van der Waals surface area contributed by atoms with Gasteiger partial charge in [-0.15, -0.1) is 0 Å². The van der Waals surface area contributed by atoms with Crippen molar-refractivity contribution in [1.29, 1.82) is 0 Å². The summed E-state index contributed by atoms with van der Waals surface area (Å²) in [6.07, 6.45) is 2.75. The van der Waals surface area contributed by atoms with Crippen LogP contribution >= 0.6 is 0 Å². The summed E-state index contributed by atoms with van der Waals surface area (Å²) in [7, 11) is 0. The van der Waals surface area contributed by atoms with Crippen molar-refractivity contribution in [2.45, 2.75) is 25.8 Å². The fourth-order valence-corrected chi connectivity index (χ4v) is 2.23. The first-order valence-corrected chi connectivity index (χ1v) is 7.30. The number of hydrogen-bond acceptors (Lipinski definition) is 3. The summed E-state index contributed by atoms with van der Waals surface area (Å²) < 4.78 is 14.3. The Morgan fingerprint density at radius 3 is 2.61 bits per heavy atom. The number of aliphatic carboxylic acids is 1. The van der Waals surface area contributed by atoms with E-state index in [1.54, 1.807) is 4.68 Å². The fourth-order valence-electron chi connectivity index (χ4n) is 2.23. The Hall–Kier alpha value is -2.70. The van der Waals surface area contributed by atoms with E-state index in [1.807, 2.05) is 37.3 Å². The molecule has 1 heterocycles. The molecule has 7 heteroatoms. The van der Waals surface area contributed by atoms with Gasteiger partial charge in [0.1, 0.15) is 6.67 Å². The molecular formula is C16H18FN3O3. The maximum Gasteiger partial charge on any atom is 0.328 e. The van der Waals surface area contributed by atoms with E-state index in [1.165, 1.54) is 6.20 Å². The van der Waals surface area contributed by atoms with Gasteiger partial charge >= 0.3 is 5.97 Å². The SMILES string of the molecule is CCCc1c(C(=O)NC(CF)C(=O)O)cnn1-c1ccccc1. The number of carbonyl (C=O) groups excluding carboxylic acids is 1. The van der Waals surface area contributed by atoms with E-state index >= 15 is 0 Å². The third-order valence-corrected chi connectivity index (χ3v) is 3.36. The lowest BCUT2D eigenvalue weighted by Gasteiger charge is -2.12. The van der Waals surface area contributed by atoms with Crippen molar-refractivity contribution in [2.24, 2.45) is 0 Å². The number of carboxylic acid groups (broad SMARTS) is 1. The normalized spacial score (nSPS) is 11.9. The van der Waals surface area contributed by atoms with Gasteiger partial charge < -0.3 is 10.4 Å². The Balaban J connectivity index is 2.34. The molecule has 2 rings (SSSR count). The number of nitrogens with zero attached hydrogens (tertiary/aromatic N) is 2. The van der Waals surface area contributed by atoms with Crippen LogP contribution in [0.3, 0.4) is 0 Å². The molecular weight excluding hydrogens is 301 g/mol. The Labute approximate surface area is 132 Å². The molecule has 0 saturated carbocycles. The van der Waals surface area contributed by atoms with Gasteiger partial charge in [0.2, 0.25) is 0 Å². The molecule has 1 atom stereocenters. The summed E-state index contributed by atoms with van der Waals surface area (Å²) in [5.74, 6) is -2.05. The maximum absolute atomic E-state index is 12.7. The van der Waals surface area contributed by atoms with Crippen molar-refractivity contribution >= 4 is 11.9 Å². The molecule has 0 spiro atoms. The lowest BCUT2D eigenvalue weighted by atomic mass is 10.1. The molecule has 122 valence electrons. The topological polar surface area (TPSA) is 84.2 Å². The summed E-state index contributed by atoms with van der Waals surface area (Å²) in [5.41, 5.74) is 1.73. The molecule has 0 radical (unpaired) electrons. The van der Waals surface area contributed by atoms with Gasteiger partial charge in [0.25, 0.3) is 5.91 Å². The Bertz CT molecular complexity index is 685. The number of rotatable bonds is 7. The third-order valence-electron chi connectivity index (χ3n) is 3.36. The Kier molecular flexibility index (Phi) is 5.46. The largest absolute Gasteiger partial charge is 0.480 e. The molecule has 1 aromatic carbocycles. The van der Waals surface area contributed by atoms with Crippen LogP contribution < -0.4 is 5.32 Å². The second kappa shape index (κ2) is 7.53. The second-order valence-electron chi connectivity index (χ2n) is 5.02. The van der Waals surface area contributed by atoms with E-state index < -0.39 is 24.6 Å². The smallest absolute Gasteiger partial charge is 0.328 e. The van der Waals surface area contributed by atoms with Gasteiger partial charge in [-0.1, -0.05) is 31.5 Å². The van der Waals surface area contributed by atoms with Crippen LogP contribution in [0.4, 0.5) is 4.39 Å². The predicted octanol–water partition coefficient (Wildman–Crippen LogP) is 1.98. The molecule has 1 amide bonds. The first-order valence-electron chi connectivity index (χ1n) is 7.30. The highest BCUT2D eigenvalue weighted by Crippen LogP contribution is 2.17. The first kappa shape index (κ1) is 16.7. The molecule has 2 N–H and O–H groups in total. The first-order chi connectivity index (χ1) is 11.1. The molecule has 0 aliphatic heterocycles. The number of para-hydroxylation sites is 1. The van der Waals surface area contributed by atoms with Crippen LogP contribution in [0.25, 0.3) is 5.69 Å². The predicted molar refractivity (Wildman–Crippen MR) is 82.4 cm³/mol. The summed E-state index contributed by atoms with van der Waals surface area (Å²) in [6, 6.07) is 7.74. The minimum absolute atomic E-state index is 0.260. The zero-order valence-corrected chi connectivity index (χ0v) is 12.7. The van der Waals surface area contributed by atoms with Crippen molar-refractivity contribution in [3.8, 4) is 5.69 Å². The summed E-state index contributed by atoms with van der Waals surface area (Å²) in [6.45, 7) is 0.794. The van der Waals surface area contributed by atoms with Crippen molar-refractivity contribution in [3.63, 3.8) is 0 Å². The van der Waals surface area contributed by atoms with Crippen molar-refractivity contribution in [2.75, 3.05) is 6.67 Å². The molecule has 0 fully saturated rings. The van der Waals surface area contributed by atoms with Crippen LogP contribution in [0.2, 0.25) is 0 Å². The van der Waals surface area contributed by atoms with Crippen molar-refractivity contribution in [1.82, 2.24) is 15.1 Å². The summed E-state index contributed by atoms with van der Waals surface area (Å²) in [4.78, 5) is 23.1.